The number of hydrogen-bond acceptors (Lipinski definition) is 7. The van der Waals surface area contributed by atoms with Crippen molar-refractivity contribution in [2.24, 2.45) is 7.05 Å². The number of aromatic nitrogens is 4. The number of hydrogen-bond donors (Lipinski definition) is 1. The van der Waals surface area contributed by atoms with Crippen molar-refractivity contribution in [1.82, 2.24) is 24.2 Å². The Labute approximate surface area is 147 Å². The van der Waals surface area contributed by atoms with Gasteiger partial charge in [-0.05, 0) is 13.8 Å². The summed E-state index contributed by atoms with van der Waals surface area (Å²) in [5.41, 5.74) is 0.791. The zero-order valence-electron chi connectivity index (χ0n) is 14.6. The average Bonchev–Trinajstić information content (AvgIpc) is 2.93. The second kappa shape index (κ2) is 7.06. The Morgan fingerprint density at radius 1 is 1.20 bits per heavy atom. The third-order valence-electron chi connectivity index (χ3n) is 4.00. The van der Waals surface area contributed by atoms with Crippen molar-refractivity contribution in [3.05, 3.63) is 29.6 Å². The van der Waals surface area contributed by atoms with Crippen molar-refractivity contribution in [2.45, 2.75) is 25.4 Å². The zero-order chi connectivity index (χ0) is 18.0. The minimum atomic E-state index is -3.71. The van der Waals surface area contributed by atoms with Crippen molar-refractivity contribution in [2.75, 3.05) is 31.2 Å². The van der Waals surface area contributed by atoms with E-state index in [2.05, 4.69) is 24.6 Å². The fourth-order valence-electron chi connectivity index (χ4n) is 2.53. The summed E-state index contributed by atoms with van der Waals surface area (Å²) in [4.78, 5) is 15.0. The van der Waals surface area contributed by atoms with Crippen molar-refractivity contribution >= 4 is 15.8 Å². The quantitative estimate of drug-likeness (QED) is 0.803. The topological polar surface area (TPSA) is 102 Å². The SMILES string of the molecule is Cc1cc(N2CCOCC2)nc(CNS(=O)(=O)c2cn(C)c(C)n2)n1. The molecule has 1 saturated heterocycles. The van der Waals surface area contributed by atoms with Crippen molar-refractivity contribution < 1.29 is 13.2 Å². The standard InChI is InChI=1S/C15H22N6O3S/c1-11-8-14(21-4-6-24-7-5-21)19-13(17-11)9-16-25(22,23)15-10-20(3)12(2)18-15/h8,10,16H,4-7,9H2,1-3H3. The van der Waals surface area contributed by atoms with Crippen LogP contribution in [-0.2, 0) is 28.4 Å². The Balaban J connectivity index is 1.75. The second-order valence-electron chi connectivity index (χ2n) is 5.94. The Hall–Kier alpha value is -2.04. The van der Waals surface area contributed by atoms with Crippen LogP contribution in [0.3, 0.4) is 0 Å². The van der Waals surface area contributed by atoms with Crippen LogP contribution in [0.1, 0.15) is 17.3 Å². The molecule has 0 aliphatic carbocycles. The maximum Gasteiger partial charge on any atom is 0.259 e. The molecule has 2 aromatic rings. The van der Waals surface area contributed by atoms with E-state index in [-0.39, 0.29) is 11.6 Å². The molecule has 10 heteroatoms. The average molecular weight is 366 g/mol. The van der Waals surface area contributed by atoms with Crippen LogP contribution in [0.5, 0.6) is 0 Å². The first-order chi connectivity index (χ1) is 11.8. The van der Waals surface area contributed by atoms with E-state index in [1.807, 2.05) is 13.0 Å². The molecule has 1 fully saturated rings. The number of morpholine rings is 1. The highest BCUT2D eigenvalue weighted by atomic mass is 32.2. The lowest BCUT2D eigenvalue weighted by Gasteiger charge is -2.28. The van der Waals surface area contributed by atoms with Gasteiger partial charge in [-0.15, -0.1) is 0 Å². The summed E-state index contributed by atoms with van der Waals surface area (Å²) in [5, 5.41) is -0.00597. The smallest absolute Gasteiger partial charge is 0.259 e. The molecule has 0 unspecified atom stereocenters. The molecular weight excluding hydrogens is 344 g/mol. The summed E-state index contributed by atoms with van der Waals surface area (Å²) in [6, 6.07) is 1.89. The molecule has 9 nitrogen and oxygen atoms in total. The minimum Gasteiger partial charge on any atom is -0.378 e. The molecule has 0 spiro atoms. The molecule has 3 rings (SSSR count). The van der Waals surface area contributed by atoms with Crippen LogP contribution in [0, 0.1) is 13.8 Å². The summed E-state index contributed by atoms with van der Waals surface area (Å²) in [6.45, 7) is 6.46. The highest BCUT2D eigenvalue weighted by Crippen LogP contribution is 2.15. The van der Waals surface area contributed by atoms with E-state index in [1.54, 1.807) is 18.5 Å². The third-order valence-corrected chi connectivity index (χ3v) is 5.28. The number of ether oxygens (including phenoxy) is 1. The van der Waals surface area contributed by atoms with E-state index in [0.717, 1.165) is 24.6 Å². The van der Waals surface area contributed by atoms with E-state index in [4.69, 9.17) is 4.74 Å². The minimum absolute atomic E-state index is 0.00597. The molecule has 0 atom stereocenters. The molecule has 25 heavy (non-hydrogen) atoms. The van der Waals surface area contributed by atoms with Gasteiger partial charge < -0.3 is 14.2 Å². The molecule has 0 bridgehead atoms. The third kappa shape index (κ3) is 4.14. The molecule has 2 aromatic heterocycles. The first-order valence-corrected chi connectivity index (χ1v) is 9.50. The monoisotopic (exact) mass is 366 g/mol. The number of imidazole rings is 1. The van der Waals surface area contributed by atoms with Gasteiger partial charge in [-0.2, -0.15) is 0 Å². The lowest BCUT2D eigenvalue weighted by molar-refractivity contribution is 0.122. The molecule has 1 N–H and O–H groups in total. The summed E-state index contributed by atoms with van der Waals surface area (Å²) >= 11 is 0. The van der Waals surface area contributed by atoms with Crippen LogP contribution in [0.4, 0.5) is 5.82 Å². The van der Waals surface area contributed by atoms with Crippen LogP contribution >= 0.6 is 0 Å². The lowest BCUT2D eigenvalue weighted by atomic mass is 10.3. The fourth-order valence-corrected chi connectivity index (χ4v) is 3.55. The van der Waals surface area contributed by atoms with Gasteiger partial charge in [-0.3, -0.25) is 0 Å². The van der Waals surface area contributed by atoms with Gasteiger partial charge in [0, 0.05) is 38.1 Å². The number of anilines is 1. The Bertz CT molecular complexity index is 839. The normalized spacial score (nSPS) is 15.6. The molecule has 136 valence electrons. The molecular formula is C15H22N6O3S. The maximum atomic E-state index is 12.4. The van der Waals surface area contributed by atoms with Crippen LogP contribution < -0.4 is 9.62 Å². The van der Waals surface area contributed by atoms with Gasteiger partial charge in [0.05, 0.1) is 19.8 Å². The van der Waals surface area contributed by atoms with E-state index < -0.39 is 10.0 Å². The number of aryl methyl sites for hydroxylation is 3. The van der Waals surface area contributed by atoms with Gasteiger partial charge in [0.25, 0.3) is 10.0 Å². The highest BCUT2D eigenvalue weighted by Gasteiger charge is 2.20. The first kappa shape index (κ1) is 17.8. The molecule has 0 amide bonds. The predicted octanol–water partition coefficient (Wildman–Crippen LogP) is 0.142. The fraction of sp³-hybridized carbons (Fsp3) is 0.533. The number of nitrogens with one attached hydrogen (secondary N) is 1. The summed E-state index contributed by atoms with van der Waals surface area (Å²) in [6.07, 6.45) is 1.48. The molecule has 0 saturated carbocycles. The largest absolute Gasteiger partial charge is 0.378 e. The van der Waals surface area contributed by atoms with E-state index in [9.17, 15) is 8.42 Å². The van der Waals surface area contributed by atoms with E-state index in [0.29, 0.717) is 24.9 Å². The molecule has 0 aromatic carbocycles. The van der Waals surface area contributed by atoms with Crippen LogP contribution in [-0.4, -0.2) is 54.2 Å². The number of nitrogens with zero attached hydrogens (tertiary/aromatic N) is 5. The maximum absolute atomic E-state index is 12.4. The van der Waals surface area contributed by atoms with Crippen molar-refractivity contribution in [3.8, 4) is 0 Å². The number of sulfonamides is 1. The Morgan fingerprint density at radius 2 is 1.92 bits per heavy atom. The lowest BCUT2D eigenvalue weighted by Crippen LogP contribution is -2.37. The second-order valence-corrected chi connectivity index (χ2v) is 7.66. The first-order valence-electron chi connectivity index (χ1n) is 8.02. The van der Waals surface area contributed by atoms with Gasteiger partial charge >= 0.3 is 0 Å². The predicted molar refractivity (Wildman–Crippen MR) is 91.8 cm³/mol. The summed E-state index contributed by atoms with van der Waals surface area (Å²) in [7, 11) is -1.96. The van der Waals surface area contributed by atoms with Gasteiger partial charge in [-0.1, -0.05) is 0 Å². The summed E-state index contributed by atoms with van der Waals surface area (Å²) < 4.78 is 34.3. The van der Waals surface area contributed by atoms with E-state index >= 15 is 0 Å². The molecule has 1 aliphatic heterocycles. The molecule has 3 heterocycles. The van der Waals surface area contributed by atoms with E-state index in [1.165, 1.54) is 6.20 Å². The Morgan fingerprint density at radius 3 is 2.56 bits per heavy atom. The van der Waals surface area contributed by atoms with Crippen LogP contribution in [0.25, 0.3) is 0 Å². The van der Waals surface area contributed by atoms with Gasteiger partial charge in [0.2, 0.25) is 0 Å². The molecule has 0 radical (unpaired) electrons. The van der Waals surface area contributed by atoms with Gasteiger partial charge in [0.1, 0.15) is 17.5 Å². The summed E-state index contributed by atoms with van der Waals surface area (Å²) in [5.74, 6) is 1.85. The van der Waals surface area contributed by atoms with Crippen molar-refractivity contribution in [1.29, 1.82) is 0 Å². The highest BCUT2D eigenvalue weighted by molar-refractivity contribution is 7.89. The Kier molecular flexibility index (Phi) is 5.02. The van der Waals surface area contributed by atoms with Crippen molar-refractivity contribution in [3.63, 3.8) is 0 Å². The van der Waals surface area contributed by atoms with Crippen LogP contribution in [0.15, 0.2) is 17.3 Å². The number of rotatable bonds is 5. The molecule has 1 aliphatic rings. The zero-order valence-corrected chi connectivity index (χ0v) is 15.4. The van der Waals surface area contributed by atoms with Gasteiger partial charge in [-0.25, -0.2) is 28.1 Å². The van der Waals surface area contributed by atoms with Gasteiger partial charge in [0.15, 0.2) is 5.03 Å². The van der Waals surface area contributed by atoms with Crippen LogP contribution in [0.2, 0.25) is 0 Å².